The molecule has 4 atom stereocenters. The van der Waals surface area contributed by atoms with Crippen LogP contribution in [0.4, 0.5) is 0 Å². The predicted molar refractivity (Wildman–Crippen MR) is 107 cm³/mol. The first-order chi connectivity index (χ1) is 9.60. The van der Waals surface area contributed by atoms with E-state index < -0.39 is 0 Å². The fourth-order valence-corrected chi connectivity index (χ4v) is 5.99. The largest absolute Gasteiger partial charge is 0.138 e. The van der Waals surface area contributed by atoms with E-state index in [1.54, 1.807) is 23.5 Å². The summed E-state index contributed by atoms with van der Waals surface area (Å²) in [5.41, 5.74) is 0. The molecule has 0 saturated carbocycles. The molecule has 0 rings (SSSR count). The van der Waals surface area contributed by atoms with E-state index in [0.717, 1.165) is 11.8 Å². The molecule has 0 aromatic heterocycles. The van der Waals surface area contributed by atoms with E-state index in [4.69, 9.17) is 0 Å². The molecule has 0 N–H and O–H groups in total. The van der Waals surface area contributed by atoms with Crippen LogP contribution < -0.4 is 0 Å². The molecular weight excluding hydrogens is 320 g/mol. The van der Waals surface area contributed by atoms with Gasteiger partial charge in [-0.25, -0.2) is 0 Å². The van der Waals surface area contributed by atoms with E-state index in [2.05, 4.69) is 84.8 Å². The number of hydrogen-bond acceptors (Lipinski definition) is 4. The van der Waals surface area contributed by atoms with Gasteiger partial charge in [0.2, 0.25) is 0 Å². The van der Waals surface area contributed by atoms with E-state index >= 15 is 0 Å². The molecule has 0 bridgehead atoms. The van der Waals surface area contributed by atoms with Gasteiger partial charge in [-0.05, 0) is 35.2 Å². The van der Waals surface area contributed by atoms with Crippen LogP contribution in [-0.2, 0) is 0 Å². The van der Waals surface area contributed by atoms with Crippen molar-refractivity contribution in [3.8, 4) is 0 Å². The summed E-state index contributed by atoms with van der Waals surface area (Å²) in [6.45, 7) is 9.29. The Morgan fingerprint density at radius 2 is 1.10 bits per heavy atom. The normalized spacial score (nSPS) is 18.5. The highest BCUT2D eigenvalue weighted by Crippen LogP contribution is 2.40. The summed E-state index contributed by atoms with van der Waals surface area (Å²) >= 11 is 3.59. The fraction of sp³-hybridized carbons (Fsp3) is 0.750. The molecule has 118 valence electrons. The maximum absolute atomic E-state index is 2.38. The predicted octanol–water partition coefficient (Wildman–Crippen LogP) is 6.95. The first-order valence-electron chi connectivity index (χ1n) is 7.31. The lowest BCUT2D eigenvalue weighted by Gasteiger charge is -2.23. The molecule has 4 unspecified atom stereocenters. The SMILES string of the molecule is CCC(C)C(C=CSC)SSC(C=CSC)C(C)CC. The Bertz CT molecular complexity index is 248. The standard InChI is InChI=1S/C16H30S4/c1-7-13(3)15(9-11-17-5)19-20-16(10-12-18-6)14(4)8-2/h9-16H,7-8H2,1-6H3. The molecule has 0 amide bonds. The topological polar surface area (TPSA) is 0 Å². The van der Waals surface area contributed by atoms with E-state index in [-0.39, 0.29) is 0 Å². The average molecular weight is 351 g/mol. The van der Waals surface area contributed by atoms with Crippen molar-refractivity contribution in [3.63, 3.8) is 0 Å². The van der Waals surface area contributed by atoms with Gasteiger partial charge in [-0.3, -0.25) is 0 Å². The Balaban J connectivity index is 4.59. The zero-order valence-electron chi connectivity index (χ0n) is 13.7. The van der Waals surface area contributed by atoms with Crippen LogP contribution in [0.15, 0.2) is 23.0 Å². The summed E-state index contributed by atoms with van der Waals surface area (Å²) in [6.07, 6.45) is 11.5. The Labute approximate surface area is 143 Å². The third-order valence-electron chi connectivity index (χ3n) is 3.50. The molecule has 0 aliphatic heterocycles. The van der Waals surface area contributed by atoms with Crippen LogP contribution in [0.2, 0.25) is 0 Å². The molecule has 0 aromatic carbocycles. The quantitative estimate of drug-likeness (QED) is 0.369. The number of hydrogen-bond donors (Lipinski definition) is 0. The zero-order valence-corrected chi connectivity index (χ0v) is 16.9. The van der Waals surface area contributed by atoms with Gasteiger partial charge in [0.25, 0.3) is 0 Å². The van der Waals surface area contributed by atoms with Gasteiger partial charge in [0.05, 0.1) is 0 Å². The molecule has 0 nitrogen and oxygen atoms in total. The Morgan fingerprint density at radius 1 is 0.750 bits per heavy atom. The highest BCUT2D eigenvalue weighted by molar-refractivity contribution is 8.77. The average Bonchev–Trinajstić information content (AvgIpc) is 2.48. The van der Waals surface area contributed by atoms with Crippen LogP contribution in [0.5, 0.6) is 0 Å². The minimum atomic E-state index is 0.617. The monoisotopic (exact) mass is 350 g/mol. The molecule has 0 spiro atoms. The second-order valence-corrected chi connectivity index (χ2v) is 9.14. The highest BCUT2D eigenvalue weighted by atomic mass is 33.1. The molecule has 0 saturated heterocycles. The van der Waals surface area contributed by atoms with E-state index in [0.29, 0.717) is 10.5 Å². The van der Waals surface area contributed by atoms with Crippen LogP contribution in [0, 0.1) is 11.8 Å². The van der Waals surface area contributed by atoms with Gasteiger partial charge in [-0.2, -0.15) is 0 Å². The first kappa shape index (κ1) is 20.9. The van der Waals surface area contributed by atoms with Gasteiger partial charge in [-0.1, -0.05) is 74.3 Å². The van der Waals surface area contributed by atoms with Crippen LogP contribution in [0.3, 0.4) is 0 Å². The molecule has 20 heavy (non-hydrogen) atoms. The molecular formula is C16H30S4. The Hall–Kier alpha value is 0.880. The summed E-state index contributed by atoms with van der Waals surface area (Å²) in [7, 11) is 4.10. The van der Waals surface area contributed by atoms with E-state index in [9.17, 15) is 0 Å². The van der Waals surface area contributed by atoms with Gasteiger partial charge in [0.1, 0.15) is 0 Å². The second kappa shape index (κ2) is 13.5. The lowest BCUT2D eigenvalue weighted by Crippen LogP contribution is -2.13. The fourth-order valence-electron chi connectivity index (χ4n) is 1.54. The molecule has 0 aliphatic carbocycles. The number of thioether (sulfide) groups is 2. The van der Waals surface area contributed by atoms with Crippen molar-refractivity contribution in [2.24, 2.45) is 11.8 Å². The van der Waals surface area contributed by atoms with Crippen molar-refractivity contribution >= 4 is 45.1 Å². The summed E-state index contributed by atoms with van der Waals surface area (Å²) in [5, 5.41) is 5.71. The minimum Gasteiger partial charge on any atom is -0.138 e. The zero-order chi connectivity index (χ0) is 15.4. The van der Waals surface area contributed by atoms with Crippen LogP contribution >= 0.6 is 45.1 Å². The van der Waals surface area contributed by atoms with Gasteiger partial charge in [0.15, 0.2) is 0 Å². The lowest BCUT2D eigenvalue weighted by molar-refractivity contribution is 0.582. The summed E-state index contributed by atoms with van der Waals surface area (Å²) in [5.74, 6) is 1.47. The second-order valence-electron chi connectivity index (χ2n) is 5.02. The van der Waals surface area contributed by atoms with E-state index in [1.165, 1.54) is 12.8 Å². The van der Waals surface area contributed by atoms with Gasteiger partial charge < -0.3 is 0 Å². The van der Waals surface area contributed by atoms with Crippen molar-refractivity contribution in [2.45, 2.75) is 51.0 Å². The maximum Gasteiger partial charge on any atom is 0.0364 e. The highest BCUT2D eigenvalue weighted by Gasteiger charge is 2.19. The van der Waals surface area contributed by atoms with Crippen molar-refractivity contribution in [2.75, 3.05) is 12.5 Å². The molecule has 0 radical (unpaired) electrons. The van der Waals surface area contributed by atoms with Gasteiger partial charge in [-0.15, -0.1) is 23.5 Å². The van der Waals surface area contributed by atoms with E-state index in [1.807, 2.05) is 0 Å². The van der Waals surface area contributed by atoms with Crippen LogP contribution in [-0.4, -0.2) is 23.0 Å². The smallest absolute Gasteiger partial charge is 0.0364 e. The summed E-state index contributed by atoms with van der Waals surface area (Å²) in [4.78, 5) is 0. The minimum absolute atomic E-state index is 0.617. The molecule has 0 heterocycles. The molecule has 0 fully saturated rings. The van der Waals surface area contributed by atoms with Gasteiger partial charge >= 0.3 is 0 Å². The van der Waals surface area contributed by atoms with Crippen LogP contribution in [0.1, 0.15) is 40.5 Å². The third kappa shape index (κ3) is 9.01. The molecule has 0 aliphatic rings. The first-order valence-corrected chi connectivity index (χ1v) is 12.2. The Kier molecular flexibility index (Phi) is 14.1. The van der Waals surface area contributed by atoms with Crippen molar-refractivity contribution in [1.29, 1.82) is 0 Å². The Morgan fingerprint density at radius 3 is 1.35 bits per heavy atom. The van der Waals surface area contributed by atoms with Crippen LogP contribution in [0.25, 0.3) is 0 Å². The number of rotatable bonds is 11. The molecule has 0 aromatic rings. The summed E-state index contributed by atoms with van der Waals surface area (Å²) < 4.78 is 0. The van der Waals surface area contributed by atoms with Crippen molar-refractivity contribution in [1.82, 2.24) is 0 Å². The van der Waals surface area contributed by atoms with Crippen molar-refractivity contribution < 1.29 is 0 Å². The summed E-state index contributed by atoms with van der Waals surface area (Å²) in [6, 6.07) is 0. The molecule has 4 heteroatoms. The maximum atomic E-state index is 2.38. The lowest BCUT2D eigenvalue weighted by atomic mass is 10.1. The van der Waals surface area contributed by atoms with Gasteiger partial charge in [0, 0.05) is 10.5 Å². The van der Waals surface area contributed by atoms with Crippen molar-refractivity contribution in [3.05, 3.63) is 23.0 Å². The third-order valence-corrected chi connectivity index (χ3v) is 7.82.